The Morgan fingerprint density at radius 3 is 2.58 bits per heavy atom. The van der Waals surface area contributed by atoms with Gasteiger partial charge in [0.25, 0.3) is 0 Å². The van der Waals surface area contributed by atoms with Crippen molar-refractivity contribution in [3.05, 3.63) is 59.0 Å². The van der Waals surface area contributed by atoms with Crippen molar-refractivity contribution >= 4 is 16.9 Å². The van der Waals surface area contributed by atoms with E-state index in [1.807, 2.05) is 18.2 Å². The van der Waals surface area contributed by atoms with E-state index in [2.05, 4.69) is 18.4 Å². The molecule has 33 heavy (non-hydrogen) atoms. The predicted octanol–water partition coefficient (Wildman–Crippen LogP) is 5.56. The van der Waals surface area contributed by atoms with Gasteiger partial charge in [-0.05, 0) is 73.9 Å². The van der Waals surface area contributed by atoms with Crippen LogP contribution in [-0.2, 0) is 20.5 Å². The average Bonchev–Trinajstić information content (AvgIpc) is 3.06. The van der Waals surface area contributed by atoms with Gasteiger partial charge in [-0.3, -0.25) is 4.79 Å². The van der Waals surface area contributed by atoms with Crippen molar-refractivity contribution < 1.29 is 24.1 Å². The molecule has 0 bridgehead atoms. The lowest BCUT2D eigenvalue weighted by atomic mass is 9.44. The first-order chi connectivity index (χ1) is 15.6. The molecule has 0 saturated heterocycles. The molecule has 1 aromatic heterocycles. The van der Waals surface area contributed by atoms with Crippen molar-refractivity contribution in [1.82, 2.24) is 4.57 Å². The van der Waals surface area contributed by atoms with Gasteiger partial charge in [0.15, 0.2) is 0 Å². The van der Waals surface area contributed by atoms with Crippen molar-refractivity contribution in [3.63, 3.8) is 0 Å². The molecule has 0 atom stereocenters. The topological polar surface area (TPSA) is 71.7 Å². The molecule has 2 spiro atoms. The van der Waals surface area contributed by atoms with E-state index in [9.17, 15) is 19.4 Å². The van der Waals surface area contributed by atoms with Gasteiger partial charge < -0.3 is 19.5 Å². The van der Waals surface area contributed by atoms with E-state index in [0.29, 0.717) is 25.0 Å². The van der Waals surface area contributed by atoms with E-state index in [4.69, 9.17) is 4.74 Å². The van der Waals surface area contributed by atoms with Gasteiger partial charge in [0.05, 0.1) is 23.6 Å². The molecule has 1 aliphatic heterocycles. The summed E-state index contributed by atoms with van der Waals surface area (Å²) in [7, 11) is 0. The van der Waals surface area contributed by atoms with Crippen LogP contribution < -0.4 is 0 Å². The van der Waals surface area contributed by atoms with E-state index < -0.39 is 11.6 Å². The molecular formula is C27H28FNO4. The molecular weight excluding hydrogens is 421 g/mol. The van der Waals surface area contributed by atoms with Crippen LogP contribution in [0.25, 0.3) is 16.6 Å². The van der Waals surface area contributed by atoms with Crippen LogP contribution in [0.1, 0.15) is 56.4 Å². The molecule has 2 N–H and O–H groups in total. The number of hydrogen-bond donors (Lipinski definition) is 2. The van der Waals surface area contributed by atoms with Gasteiger partial charge in [-0.2, -0.15) is 0 Å². The van der Waals surface area contributed by atoms with Gasteiger partial charge in [-0.15, -0.1) is 0 Å². The Labute approximate surface area is 191 Å². The highest BCUT2D eigenvalue weighted by molar-refractivity contribution is 5.94. The number of phenols is 1. The van der Waals surface area contributed by atoms with Crippen LogP contribution in [0.2, 0.25) is 0 Å². The van der Waals surface area contributed by atoms with Crippen molar-refractivity contribution in [3.8, 4) is 11.4 Å². The number of aliphatic carboxylic acids is 1. The number of carbonyl (C=O) groups is 1. The molecule has 6 heteroatoms. The normalized spacial score (nSPS) is 29.6. The van der Waals surface area contributed by atoms with Gasteiger partial charge in [0.2, 0.25) is 0 Å². The van der Waals surface area contributed by atoms with Crippen LogP contribution in [0.4, 0.5) is 4.39 Å². The largest absolute Gasteiger partial charge is 0.507 e. The second kappa shape index (κ2) is 6.38. The molecule has 2 saturated carbocycles. The van der Waals surface area contributed by atoms with E-state index in [1.54, 1.807) is 19.1 Å². The van der Waals surface area contributed by atoms with Crippen LogP contribution in [0.5, 0.6) is 5.75 Å². The van der Waals surface area contributed by atoms with Crippen LogP contribution in [0.15, 0.2) is 36.4 Å². The maximum Gasteiger partial charge on any atom is 0.306 e. The third kappa shape index (κ3) is 2.70. The Balaban J connectivity index is 1.58. The molecule has 3 aromatic rings. The van der Waals surface area contributed by atoms with E-state index >= 15 is 0 Å². The second-order valence-electron chi connectivity index (χ2n) is 11.1. The number of aromatic nitrogens is 1. The van der Waals surface area contributed by atoms with Crippen molar-refractivity contribution in [2.24, 2.45) is 11.3 Å². The van der Waals surface area contributed by atoms with Crippen LogP contribution in [0, 0.1) is 24.1 Å². The van der Waals surface area contributed by atoms with Gasteiger partial charge in [0, 0.05) is 27.7 Å². The first-order valence-corrected chi connectivity index (χ1v) is 11.6. The Morgan fingerprint density at radius 1 is 1.18 bits per heavy atom. The number of aromatic hydroxyl groups is 1. The molecule has 2 aliphatic carbocycles. The number of carboxylic acid groups (broad SMARTS) is 1. The minimum atomic E-state index is -0.714. The first kappa shape index (κ1) is 20.7. The highest BCUT2D eigenvalue weighted by Crippen LogP contribution is 2.70. The number of nitrogens with zero attached hydrogens (tertiary/aromatic N) is 1. The number of carboxylic acids is 1. The predicted molar refractivity (Wildman–Crippen MR) is 122 cm³/mol. The van der Waals surface area contributed by atoms with Crippen molar-refractivity contribution in [2.45, 2.75) is 57.5 Å². The number of hydrogen-bond acceptors (Lipinski definition) is 3. The Bertz CT molecular complexity index is 1320. The van der Waals surface area contributed by atoms with Crippen molar-refractivity contribution in [2.75, 3.05) is 6.61 Å². The fourth-order valence-corrected chi connectivity index (χ4v) is 6.79. The van der Waals surface area contributed by atoms with Gasteiger partial charge >= 0.3 is 5.97 Å². The lowest BCUT2D eigenvalue weighted by Gasteiger charge is -2.64. The third-order valence-corrected chi connectivity index (χ3v) is 8.21. The molecule has 3 aliphatic rings. The van der Waals surface area contributed by atoms with Crippen LogP contribution in [0.3, 0.4) is 0 Å². The fraction of sp³-hybridized carbons (Fsp3) is 0.444. The summed E-state index contributed by atoms with van der Waals surface area (Å²) < 4.78 is 22.9. The standard InChI is InChI=1S/C27H28FNO4/c1-15-9-17(7-8-18(15)28)29-19-5-4-6-20(30)21(19)22-23(29)25(2,3)14-33-27(22)12-26(13-27)10-16(11-26)24(31)32/h4-9,16,30H,10-14H2,1-3H3,(H,31,32). The third-order valence-electron chi connectivity index (χ3n) is 8.21. The number of phenolic OH excluding ortho intramolecular Hbond substituents is 1. The monoisotopic (exact) mass is 449 g/mol. The molecule has 172 valence electrons. The summed E-state index contributed by atoms with van der Waals surface area (Å²) in [4.78, 5) is 11.4. The number of halogens is 1. The Kier molecular flexibility index (Phi) is 4.01. The summed E-state index contributed by atoms with van der Waals surface area (Å²) in [5.74, 6) is -1.02. The zero-order chi connectivity index (χ0) is 23.3. The average molecular weight is 450 g/mol. The zero-order valence-corrected chi connectivity index (χ0v) is 19.1. The van der Waals surface area contributed by atoms with E-state index in [1.165, 1.54) is 6.07 Å². The molecule has 0 amide bonds. The molecule has 2 heterocycles. The lowest BCUT2D eigenvalue weighted by Crippen LogP contribution is -2.61. The minimum Gasteiger partial charge on any atom is -0.507 e. The summed E-state index contributed by atoms with van der Waals surface area (Å²) in [6.45, 7) is 6.56. The number of ether oxygens (including phenoxy) is 1. The SMILES string of the molecule is Cc1cc(-n2c3c(c4c(O)cccc42)C2(CC4(CC(C(=O)O)C4)C2)OCC3(C)C)ccc1F. The maximum atomic E-state index is 14.1. The number of fused-ring (bicyclic) bond motifs is 4. The highest BCUT2D eigenvalue weighted by atomic mass is 19.1. The number of aryl methyl sites for hydroxylation is 1. The van der Waals surface area contributed by atoms with Crippen molar-refractivity contribution in [1.29, 1.82) is 0 Å². The Morgan fingerprint density at radius 2 is 1.91 bits per heavy atom. The number of benzene rings is 2. The summed E-state index contributed by atoms with van der Waals surface area (Å²) in [5, 5.41) is 21.2. The summed E-state index contributed by atoms with van der Waals surface area (Å²) in [5.41, 5.74) is 3.54. The molecule has 6 rings (SSSR count). The number of rotatable bonds is 2. The van der Waals surface area contributed by atoms with Crippen LogP contribution >= 0.6 is 0 Å². The molecule has 2 aromatic carbocycles. The van der Waals surface area contributed by atoms with E-state index in [-0.39, 0.29) is 28.3 Å². The first-order valence-electron chi connectivity index (χ1n) is 11.6. The zero-order valence-electron chi connectivity index (χ0n) is 19.1. The minimum absolute atomic E-state index is 0.00704. The Hall–Kier alpha value is -2.86. The molecule has 2 fully saturated rings. The molecule has 0 radical (unpaired) electrons. The van der Waals surface area contributed by atoms with E-state index in [0.717, 1.165) is 40.7 Å². The highest BCUT2D eigenvalue weighted by Gasteiger charge is 2.66. The quantitative estimate of drug-likeness (QED) is 0.537. The summed E-state index contributed by atoms with van der Waals surface area (Å²) in [6, 6.07) is 10.7. The second-order valence-corrected chi connectivity index (χ2v) is 11.1. The fourth-order valence-electron chi connectivity index (χ4n) is 6.79. The van der Waals surface area contributed by atoms with Gasteiger partial charge in [0.1, 0.15) is 11.6 Å². The van der Waals surface area contributed by atoms with Crippen LogP contribution in [-0.4, -0.2) is 27.4 Å². The van der Waals surface area contributed by atoms with Gasteiger partial charge in [-0.1, -0.05) is 19.9 Å². The smallest absolute Gasteiger partial charge is 0.306 e. The van der Waals surface area contributed by atoms with Gasteiger partial charge in [-0.25, -0.2) is 4.39 Å². The summed E-state index contributed by atoms with van der Waals surface area (Å²) >= 11 is 0. The maximum absolute atomic E-state index is 14.1. The lowest BCUT2D eigenvalue weighted by molar-refractivity contribution is -0.231. The molecule has 0 unspecified atom stereocenters. The molecule has 5 nitrogen and oxygen atoms in total. The summed E-state index contributed by atoms with van der Waals surface area (Å²) in [6.07, 6.45) is 2.91.